The lowest BCUT2D eigenvalue weighted by atomic mass is 10.8. The van der Waals surface area contributed by atoms with Gasteiger partial charge in [0.25, 0.3) is 0 Å². The van der Waals surface area contributed by atoms with Gasteiger partial charge >= 0.3 is 0 Å². The monoisotopic (exact) mass is 129 g/mol. The standard InChI is InChI=1S/C4H9O.C2H5.Al/c1-3-5-4-2;1-2;/h3H,4H2,1-2H3;1H2,2H3;. The van der Waals surface area contributed by atoms with Gasteiger partial charge in [-0.2, -0.15) is 0 Å². The molecule has 0 aromatic heterocycles. The van der Waals surface area contributed by atoms with Crippen molar-refractivity contribution in [3.63, 3.8) is 0 Å². The summed E-state index contributed by atoms with van der Waals surface area (Å²) in [7, 11) is 0. The van der Waals surface area contributed by atoms with Crippen LogP contribution in [0.5, 0.6) is 0 Å². The van der Waals surface area contributed by atoms with Crippen molar-refractivity contribution < 1.29 is 4.74 Å². The smallest absolute Gasteiger partial charge is 0.247 e. The van der Waals surface area contributed by atoms with E-state index in [1.54, 1.807) is 0 Å². The van der Waals surface area contributed by atoms with E-state index in [1.807, 2.05) is 6.92 Å². The molecule has 0 aliphatic rings. The topological polar surface area (TPSA) is 9.23 Å². The first kappa shape index (κ1) is 8.49. The number of hydrogen-bond acceptors (Lipinski definition) is 1. The van der Waals surface area contributed by atoms with E-state index in [2.05, 4.69) is 13.8 Å². The Kier molecular flexibility index (Phi) is 5.97. The Labute approximate surface area is 58.1 Å². The number of hydrogen-bond donors (Lipinski definition) is 0. The Morgan fingerprint density at radius 3 is 2.50 bits per heavy atom. The summed E-state index contributed by atoms with van der Waals surface area (Å²) in [5.41, 5.74) is 0. The van der Waals surface area contributed by atoms with Gasteiger partial charge in [-0.25, -0.2) is 0 Å². The quantitative estimate of drug-likeness (QED) is 0.523. The van der Waals surface area contributed by atoms with Crippen LogP contribution in [0.4, 0.5) is 0 Å². The van der Waals surface area contributed by atoms with Gasteiger partial charge in [-0.1, -0.05) is 13.8 Å². The SMILES string of the molecule is CCO[CH](C)[Al][CH2]C. The summed E-state index contributed by atoms with van der Waals surface area (Å²) in [6.07, 6.45) is 0. The van der Waals surface area contributed by atoms with Gasteiger partial charge in [-0.3, -0.25) is 0 Å². The Hall–Kier alpha value is 0.492. The van der Waals surface area contributed by atoms with Crippen molar-refractivity contribution in [3.8, 4) is 0 Å². The first-order chi connectivity index (χ1) is 3.81. The Bertz CT molecular complexity index is 41.8. The maximum absolute atomic E-state index is 5.32. The molecule has 0 aliphatic carbocycles. The van der Waals surface area contributed by atoms with E-state index in [4.69, 9.17) is 4.74 Å². The van der Waals surface area contributed by atoms with Crippen LogP contribution < -0.4 is 0 Å². The lowest BCUT2D eigenvalue weighted by Gasteiger charge is -2.07. The molecule has 0 fully saturated rings. The minimum Gasteiger partial charge on any atom is -0.395 e. The maximum Gasteiger partial charge on any atom is 0.247 e. The maximum atomic E-state index is 5.32. The van der Waals surface area contributed by atoms with Gasteiger partial charge in [0.05, 0.1) is 0 Å². The van der Waals surface area contributed by atoms with Crippen LogP contribution >= 0.6 is 0 Å². The first-order valence-corrected chi connectivity index (χ1v) is 4.74. The van der Waals surface area contributed by atoms with Crippen molar-refractivity contribution in [3.05, 3.63) is 0 Å². The van der Waals surface area contributed by atoms with Crippen LogP contribution in [0.3, 0.4) is 0 Å². The summed E-state index contributed by atoms with van der Waals surface area (Å²) in [5, 5.41) is 1.31. The fourth-order valence-corrected chi connectivity index (χ4v) is 1.66. The molecular formula is C6H14AlO. The van der Waals surface area contributed by atoms with Crippen LogP contribution in [-0.2, 0) is 4.74 Å². The third kappa shape index (κ3) is 4.65. The summed E-state index contributed by atoms with van der Waals surface area (Å²) >= 11 is 0.543. The molecule has 0 N–H and O–H groups in total. The first-order valence-electron chi connectivity index (χ1n) is 3.26. The molecule has 0 rings (SSSR count). The van der Waals surface area contributed by atoms with E-state index in [1.165, 1.54) is 5.28 Å². The molecule has 0 saturated heterocycles. The van der Waals surface area contributed by atoms with Crippen molar-refractivity contribution in [2.75, 3.05) is 6.61 Å². The van der Waals surface area contributed by atoms with E-state index >= 15 is 0 Å². The summed E-state index contributed by atoms with van der Waals surface area (Å²) in [4.78, 5) is 0.546. The predicted molar refractivity (Wildman–Crippen MR) is 37.3 cm³/mol. The highest BCUT2D eigenvalue weighted by atomic mass is 27.1. The summed E-state index contributed by atoms with van der Waals surface area (Å²) in [6, 6.07) is 0. The average molecular weight is 129 g/mol. The van der Waals surface area contributed by atoms with Crippen molar-refractivity contribution in [2.45, 2.75) is 31.0 Å². The zero-order valence-electron chi connectivity index (χ0n) is 5.98. The lowest BCUT2D eigenvalue weighted by molar-refractivity contribution is 0.129. The molecule has 0 aromatic carbocycles. The third-order valence-electron chi connectivity index (χ3n) is 0.997. The molecule has 2 heteroatoms. The van der Waals surface area contributed by atoms with Crippen molar-refractivity contribution in [1.29, 1.82) is 0 Å². The largest absolute Gasteiger partial charge is 0.395 e. The van der Waals surface area contributed by atoms with E-state index in [9.17, 15) is 0 Å². The second kappa shape index (κ2) is 5.63. The zero-order valence-corrected chi connectivity index (χ0v) is 7.13. The molecule has 1 atom stereocenters. The van der Waals surface area contributed by atoms with E-state index in [0.29, 0.717) is 20.2 Å². The molecule has 47 valence electrons. The van der Waals surface area contributed by atoms with Gasteiger partial charge in [0.15, 0.2) is 0 Å². The molecule has 0 spiro atoms. The highest BCUT2D eigenvalue weighted by Crippen LogP contribution is 1.89. The van der Waals surface area contributed by atoms with Crippen LogP contribution in [-0.4, -0.2) is 26.8 Å². The van der Waals surface area contributed by atoms with Crippen LogP contribution in [0.2, 0.25) is 5.28 Å². The minimum absolute atomic E-state index is 0.543. The van der Waals surface area contributed by atoms with Crippen molar-refractivity contribution >= 4 is 15.2 Å². The fourth-order valence-electron chi connectivity index (χ4n) is 0.663. The van der Waals surface area contributed by atoms with Gasteiger partial charge in [0, 0.05) is 6.61 Å². The average Bonchev–Trinajstić information content (AvgIpc) is 1.68. The summed E-state index contributed by atoms with van der Waals surface area (Å²) in [6.45, 7) is 7.28. The highest BCUT2D eigenvalue weighted by molar-refractivity contribution is 6.36. The van der Waals surface area contributed by atoms with Gasteiger partial charge < -0.3 is 4.74 Å². The van der Waals surface area contributed by atoms with Gasteiger partial charge in [-0.15, -0.1) is 5.28 Å². The van der Waals surface area contributed by atoms with Crippen LogP contribution in [0.1, 0.15) is 20.8 Å². The normalized spacial score (nSPS) is 13.4. The molecule has 0 aromatic rings. The van der Waals surface area contributed by atoms with Crippen LogP contribution in [0.25, 0.3) is 0 Å². The van der Waals surface area contributed by atoms with Crippen LogP contribution in [0.15, 0.2) is 0 Å². The molecule has 0 aliphatic heterocycles. The van der Waals surface area contributed by atoms with E-state index < -0.39 is 0 Å². The van der Waals surface area contributed by atoms with Gasteiger partial charge in [-0.05, 0) is 11.9 Å². The summed E-state index contributed by atoms with van der Waals surface area (Å²) < 4.78 is 5.32. The Morgan fingerprint density at radius 1 is 1.50 bits per heavy atom. The summed E-state index contributed by atoms with van der Waals surface area (Å²) in [5.74, 6) is 0. The number of rotatable bonds is 4. The molecule has 1 unspecified atom stereocenters. The number of ether oxygens (including phenoxy) is 1. The van der Waals surface area contributed by atoms with Crippen LogP contribution in [0, 0.1) is 0 Å². The lowest BCUT2D eigenvalue weighted by Crippen LogP contribution is -2.15. The molecule has 1 radical (unpaired) electrons. The second-order valence-electron chi connectivity index (χ2n) is 1.80. The van der Waals surface area contributed by atoms with Crippen molar-refractivity contribution in [2.24, 2.45) is 0 Å². The van der Waals surface area contributed by atoms with E-state index in [0.717, 1.165) is 6.61 Å². The third-order valence-corrected chi connectivity index (χ3v) is 2.32. The molecular weight excluding hydrogens is 115 g/mol. The fraction of sp³-hybridized carbons (Fsp3) is 1.00. The molecule has 0 amide bonds. The minimum atomic E-state index is 0.543. The highest BCUT2D eigenvalue weighted by Gasteiger charge is 1.98. The van der Waals surface area contributed by atoms with Gasteiger partial charge in [0.2, 0.25) is 15.2 Å². The molecule has 0 bridgehead atoms. The van der Waals surface area contributed by atoms with Gasteiger partial charge in [0.1, 0.15) is 0 Å². The Morgan fingerprint density at radius 2 is 2.12 bits per heavy atom. The predicted octanol–water partition coefficient (Wildman–Crippen LogP) is 1.51. The molecule has 0 saturated carbocycles. The molecule has 0 heterocycles. The molecule has 1 nitrogen and oxygen atoms in total. The van der Waals surface area contributed by atoms with E-state index in [-0.39, 0.29) is 0 Å². The van der Waals surface area contributed by atoms with Crippen molar-refractivity contribution in [1.82, 2.24) is 0 Å². The second-order valence-corrected chi connectivity index (χ2v) is 4.03. The Balaban J connectivity index is 2.92. The zero-order chi connectivity index (χ0) is 6.41. The molecule has 8 heavy (non-hydrogen) atoms.